The molecule has 0 radical (unpaired) electrons. The summed E-state index contributed by atoms with van der Waals surface area (Å²) in [4.78, 5) is 12.3. The first kappa shape index (κ1) is 13.6. The lowest BCUT2D eigenvalue weighted by Crippen LogP contribution is -2.39. The maximum Gasteiger partial charge on any atom is 0.168 e. The third kappa shape index (κ3) is 3.12. The first-order valence-electron chi connectivity index (χ1n) is 6.61. The van der Waals surface area contributed by atoms with Gasteiger partial charge in [0.1, 0.15) is 5.60 Å². The summed E-state index contributed by atoms with van der Waals surface area (Å²) in [5.41, 5.74) is -0.322. The van der Waals surface area contributed by atoms with Crippen LogP contribution in [0.15, 0.2) is 24.3 Å². The summed E-state index contributed by atoms with van der Waals surface area (Å²) in [5.74, 6) is -0.0856. The Morgan fingerprint density at radius 1 is 1.17 bits per heavy atom. The molecule has 0 atom stereocenters. The molecule has 98 valence electrons. The van der Waals surface area contributed by atoms with Gasteiger partial charge in [0.05, 0.1) is 0 Å². The Balaban J connectivity index is 2.09. The minimum absolute atomic E-state index is 0.0856. The number of carbonyl (C=O) groups is 1. The molecule has 0 unspecified atom stereocenters. The highest BCUT2D eigenvalue weighted by Gasteiger charge is 2.35. The van der Waals surface area contributed by atoms with Crippen LogP contribution in [0.2, 0.25) is 5.02 Å². The molecule has 1 saturated carbocycles. The van der Waals surface area contributed by atoms with Gasteiger partial charge < -0.3 is 5.11 Å². The van der Waals surface area contributed by atoms with Gasteiger partial charge in [0.15, 0.2) is 5.78 Å². The third-order valence-electron chi connectivity index (χ3n) is 3.76. The second-order valence-electron chi connectivity index (χ2n) is 5.14. The van der Waals surface area contributed by atoms with Crippen LogP contribution in [0.3, 0.4) is 0 Å². The van der Waals surface area contributed by atoms with Crippen molar-refractivity contribution in [3.63, 3.8) is 0 Å². The minimum Gasteiger partial charge on any atom is -0.382 e. The van der Waals surface area contributed by atoms with Crippen LogP contribution in [0.4, 0.5) is 0 Å². The fourth-order valence-corrected chi connectivity index (χ4v) is 2.77. The summed E-state index contributed by atoms with van der Waals surface area (Å²) >= 11 is 6.05. The average molecular weight is 267 g/mol. The molecule has 2 rings (SSSR count). The summed E-state index contributed by atoms with van der Waals surface area (Å²) in [5, 5.41) is 11.1. The Bertz CT molecular complexity index is 420. The number of benzene rings is 1. The van der Waals surface area contributed by atoms with Gasteiger partial charge in [0.2, 0.25) is 0 Å². The number of Topliss-reactive ketones (excluding diaryl/α,β-unsaturated/α-hetero) is 1. The predicted octanol–water partition coefficient (Wildman–Crippen LogP) is 3.54. The Morgan fingerprint density at radius 3 is 2.39 bits per heavy atom. The monoisotopic (exact) mass is 266 g/mol. The van der Waals surface area contributed by atoms with Gasteiger partial charge in [-0.25, -0.2) is 0 Å². The van der Waals surface area contributed by atoms with Gasteiger partial charge in [0, 0.05) is 11.4 Å². The zero-order valence-corrected chi connectivity index (χ0v) is 11.2. The van der Waals surface area contributed by atoms with Crippen LogP contribution in [-0.4, -0.2) is 16.5 Å². The molecular formula is C15H19ClO2. The summed E-state index contributed by atoms with van der Waals surface area (Å²) in [6.07, 6.45) is 5.52. The van der Waals surface area contributed by atoms with Crippen molar-refractivity contribution in [3.8, 4) is 0 Å². The lowest BCUT2D eigenvalue weighted by molar-refractivity contribution is -0.138. The second-order valence-corrected chi connectivity index (χ2v) is 5.54. The molecule has 1 fully saturated rings. The zero-order valence-electron chi connectivity index (χ0n) is 10.5. The van der Waals surface area contributed by atoms with E-state index in [4.69, 9.17) is 11.6 Å². The van der Waals surface area contributed by atoms with Crippen molar-refractivity contribution in [2.45, 2.75) is 50.5 Å². The maximum absolute atomic E-state index is 12.3. The smallest absolute Gasteiger partial charge is 0.168 e. The molecule has 1 aromatic rings. The Morgan fingerprint density at radius 2 is 1.78 bits per heavy atom. The van der Waals surface area contributed by atoms with Crippen LogP contribution in [0.5, 0.6) is 0 Å². The molecule has 1 aromatic carbocycles. The maximum atomic E-state index is 12.3. The van der Waals surface area contributed by atoms with Crippen LogP contribution in [-0.2, 0) is 11.2 Å². The molecule has 0 amide bonds. The fourth-order valence-electron chi connectivity index (χ4n) is 2.57. The fraction of sp³-hybridized carbons (Fsp3) is 0.533. The molecule has 18 heavy (non-hydrogen) atoms. The van der Waals surface area contributed by atoms with Gasteiger partial charge in [-0.2, -0.15) is 0 Å². The van der Waals surface area contributed by atoms with Gasteiger partial charge in [-0.1, -0.05) is 55.5 Å². The van der Waals surface area contributed by atoms with Crippen LogP contribution < -0.4 is 0 Å². The molecule has 0 saturated heterocycles. The highest BCUT2D eigenvalue weighted by atomic mass is 35.5. The van der Waals surface area contributed by atoms with Crippen LogP contribution >= 0.6 is 11.6 Å². The zero-order chi connectivity index (χ0) is 13.0. The summed E-state index contributed by atoms with van der Waals surface area (Å²) in [7, 11) is 0. The topological polar surface area (TPSA) is 37.3 Å². The Hall–Kier alpha value is -0.860. The Labute approximate surface area is 113 Å². The molecule has 0 bridgehead atoms. The van der Waals surface area contributed by atoms with Crippen molar-refractivity contribution in [2.75, 3.05) is 0 Å². The molecule has 0 aromatic heterocycles. The van der Waals surface area contributed by atoms with Crippen molar-refractivity contribution < 1.29 is 9.90 Å². The molecule has 1 aliphatic carbocycles. The second kappa shape index (κ2) is 5.85. The van der Waals surface area contributed by atoms with Gasteiger partial charge in [-0.3, -0.25) is 4.79 Å². The van der Waals surface area contributed by atoms with Gasteiger partial charge in [0.25, 0.3) is 0 Å². The molecule has 0 spiro atoms. The molecule has 3 heteroatoms. The number of aliphatic hydroxyl groups is 1. The number of rotatable bonds is 3. The molecular weight excluding hydrogens is 248 g/mol. The number of hydrogen-bond donors (Lipinski definition) is 1. The highest BCUT2D eigenvalue weighted by Crippen LogP contribution is 2.29. The van der Waals surface area contributed by atoms with E-state index in [0.717, 1.165) is 31.2 Å². The van der Waals surface area contributed by atoms with E-state index in [1.54, 1.807) is 6.07 Å². The first-order valence-corrected chi connectivity index (χ1v) is 6.99. The van der Waals surface area contributed by atoms with E-state index in [1.807, 2.05) is 18.2 Å². The van der Waals surface area contributed by atoms with Crippen molar-refractivity contribution >= 4 is 17.4 Å². The molecule has 1 N–H and O–H groups in total. The molecule has 0 heterocycles. The molecule has 2 nitrogen and oxygen atoms in total. The third-order valence-corrected chi connectivity index (χ3v) is 4.13. The standard InChI is InChI=1S/C15H19ClO2/c16-13-8-4-3-7-12(13)11-14(17)15(18)9-5-1-2-6-10-15/h3-4,7-8,18H,1-2,5-6,9-11H2. The van der Waals surface area contributed by atoms with Crippen LogP contribution in [0, 0.1) is 0 Å². The number of halogens is 1. The quantitative estimate of drug-likeness (QED) is 0.850. The van der Waals surface area contributed by atoms with E-state index in [-0.39, 0.29) is 12.2 Å². The largest absolute Gasteiger partial charge is 0.382 e. The van der Waals surface area contributed by atoms with Crippen molar-refractivity contribution in [2.24, 2.45) is 0 Å². The van der Waals surface area contributed by atoms with Gasteiger partial charge >= 0.3 is 0 Å². The number of hydrogen-bond acceptors (Lipinski definition) is 2. The predicted molar refractivity (Wildman–Crippen MR) is 72.8 cm³/mol. The van der Waals surface area contributed by atoms with Crippen molar-refractivity contribution in [1.29, 1.82) is 0 Å². The number of carbonyl (C=O) groups excluding carboxylic acids is 1. The van der Waals surface area contributed by atoms with E-state index in [2.05, 4.69) is 0 Å². The summed E-state index contributed by atoms with van der Waals surface area (Å²) < 4.78 is 0. The van der Waals surface area contributed by atoms with E-state index in [1.165, 1.54) is 0 Å². The minimum atomic E-state index is -1.13. The summed E-state index contributed by atoms with van der Waals surface area (Å²) in [6.45, 7) is 0. The lowest BCUT2D eigenvalue weighted by atomic mass is 9.86. The van der Waals surface area contributed by atoms with Crippen molar-refractivity contribution in [1.82, 2.24) is 0 Å². The van der Waals surface area contributed by atoms with E-state index in [0.29, 0.717) is 17.9 Å². The Kier molecular flexibility index (Phi) is 4.41. The molecule has 1 aliphatic rings. The highest BCUT2D eigenvalue weighted by molar-refractivity contribution is 6.31. The normalized spacial score (nSPS) is 19.2. The van der Waals surface area contributed by atoms with Gasteiger partial charge in [-0.15, -0.1) is 0 Å². The SMILES string of the molecule is O=C(Cc1ccccc1Cl)C1(O)CCCCCC1. The molecule has 0 aliphatic heterocycles. The van der Waals surface area contributed by atoms with E-state index < -0.39 is 5.60 Å². The van der Waals surface area contributed by atoms with Gasteiger partial charge in [-0.05, 0) is 24.5 Å². The first-order chi connectivity index (χ1) is 8.62. The van der Waals surface area contributed by atoms with E-state index >= 15 is 0 Å². The van der Waals surface area contributed by atoms with E-state index in [9.17, 15) is 9.90 Å². The lowest BCUT2D eigenvalue weighted by Gasteiger charge is -2.25. The van der Waals surface area contributed by atoms with Crippen LogP contribution in [0.1, 0.15) is 44.1 Å². The average Bonchev–Trinajstić information content (AvgIpc) is 2.58. The number of ketones is 1. The van der Waals surface area contributed by atoms with Crippen molar-refractivity contribution in [3.05, 3.63) is 34.9 Å². The summed E-state index contributed by atoms with van der Waals surface area (Å²) in [6, 6.07) is 7.34. The van der Waals surface area contributed by atoms with Crippen LogP contribution in [0.25, 0.3) is 0 Å².